The maximum absolute atomic E-state index is 12.0. The van der Waals surface area contributed by atoms with Crippen LogP contribution in [0, 0.1) is 0 Å². The van der Waals surface area contributed by atoms with Crippen molar-refractivity contribution in [2.24, 2.45) is 0 Å². The van der Waals surface area contributed by atoms with Gasteiger partial charge in [0.2, 0.25) is 10.0 Å². The van der Waals surface area contributed by atoms with Crippen LogP contribution in [0.2, 0.25) is 0 Å². The van der Waals surface area contributed by atoms with Crippen LogP contribution in [-0.4, -0.2) is 32.8 Å². The van der Waals surface area contributed by atoms with Crippen molar-refractivity contribution in [3.8, 4) is 0 Å². The minimum Gasteiger partial charge on any atom is -0.295 e. The second kappa shape index (κ2) is 7.67. The zero-order valence-corrected chi connectivity index (χ0v) is 12.8. The van der Waals surface area contributed by atoms with Crippen molar-refractivity contribution < 1.29 is 13.2 Å². The van der Waals surface area contributed by atoms with Crippen molar-refractivity contribution in [1.29, 1.82) is 0 Å². The number of sulfonamides is 1. The molecule has 0 saturated heterocycles. The van der Waals surface area contributed by atoms with Gasteiger partial charge in [-0.15, -0.1) is 0 Å². The molecule has 0 amide bonds. The smallest absolute Gasteiger partial charge is 0.240 e. The maximum atomic E-state index is 12.0. The summed E-state index contributed by atoms with van der Waals surface area (Å²) in [6.45, 7) is 1.84. The summed E-state index contributed by atoms with van der Waals surface area (Å²) < 4.78 is 26.6. The fourth-order valence-corrected chi connectivity index (χ4v) is 3.16. The third-order valence-electron chi connectivity index (χ3n) is 2.62. The van der Waals surface area contributed by atoms with Crippen molar-refractivity contribution in [3.63, 3.8) is 0 Å². The van der Waals surface area contributed by atoms with Gasteiger partial charge in [0.15, 0.2) is 5.78 Å². The third kappa shape index (κ3) is 5.34. The van der Waals surface area contributed by atoms with Crippen molar-refractivity contribution in [2.75, 3.05) is 18.6 Å². The average molecular weight is 301 g/mol. The Kier molecular flexibility index (Phi) is 6.54. The van der Waals surface area contributed by atoms with Crippen LogP contribution < -0.4 is 4.72 Å². The lowest BCUT2D eigenvalue weighted by molar-refractivity contribution is 0.101. The van der Waals surface area contributed by atoms with Crippen molar-refractivity contribution in [1.82, 2.24) is 4.72 Å². The van der Waals surface area contributed by atoms with Gasteiger partial charge in [0.05, 0.1) is 4.90 Å². The monoisotopic (exact) mass is 301 g/mol. The number of carbonyl (C=O) groups excluding carboxylic acids is 1. The average Bonchev–Trinajstić information content (AvgIpc) is 2.38. The van der Waals surface area contributed by atoms with E-state index in [-0.39, 0.29) is 10.7 Å². The normalized spacial score (nSPS) is 11.5. The van der Waals surface area contributed by atoms with E-state index < -0.39 is 10.0 Å². The number of benzene rings is 1. The number of carbonyl (C=O) groups is 1. The Morgan fingerprint density at radius 2 is 2.05 bits per heavy atom. The Labute approximate surface area is 119 Å². The highest BCUT2D eigenvalue weighted by Crippen LogP contribution is 2.12. The van der Waals surface area contributed by atoms with Crippen LogP contribution in [0.1, 0.15) is 30.1 Å². The Hall–Kier alpha value is -0.850. The van der Waals surface area contributed by atoms with Gasteiger partial charge in [-0.05, 0) is 43.9 Å². The van der Waals surface area contributed by atoms with Gasteiger partial charge in [-0.3, -0.25) is 4.79 Å². The molecular weight excluding hydrogens is 282 g/mol. The first kappa shape index (κ1) is 16.2. The second-order valence-electron chi connectivity index (χ2n) is 4.18. The quantitative estimate of drug-likeness (QED) is 0.591. The highest BCUT2D eigenvalue weighted by atomic mass is 32.2. The third-order valence-corrected chi connectivity index (χ3v) is 4.77. The topological polar surface area (TPSA) is 63.2 Å². The molecule has 0 unspecified atom stereocenters. The number of rotatable bonds is 8. The molecule has 0 aliphatic heterocycles. The Bertz CT molecular complexity index is 526. The van der Waals surface area contributed by atoms with E-state index >= 15 is 0 Å². The molecule has 1 aromatic carbocycles. The summed E-state index contributed by atoms with van der Waals surface area (Å²) in [4.78, 5) is 11.4. The summed E-state index contributed by atoms with van der Waals surface area (Å²) in [6, 6.07) is 6.10. The van der Waals surface area contributed by atoms with E-state index in [0.717, 1.165) is 18.6 Å². The SMILES string of the molecule is CSCCCCNS(=O)(=O)c1cccc(C(C)=O)c1. The molecule has 6 heteroatoms. The molecule has 0 atom stereocenters. The number of hydrogen-bond acceptors (Lipinski definition) is 4. The minimum atomic E-state index is -3.51. The molecule has 1 N–H and O–H groups in total. The fraction of sp³-hybridized carbons (Fsp3) is 0.462. The van der Waals surface area contributed by atoms with Crippen molar-refractivity contribution in [2.45, 2.75) is 24.7 Å². The van der Waals surface area contributed by atoms with E-state index in [1.807, 2.05) is 6.26 Å². The van der Waals surface area contributed by atoms with Gasteiger partial charge in [0, 0.05) is 12.1 Å². The molecule has 0 aromatic heterocycles. The van der Waals surface area contributed by atoms with E-state index in [2.05, 4.69) is 4.72 Å². The van der Waals surface area contributed by atoms with E-state index in [1.165, 1.54) is 19.1 Å². The summed E-state index contributed by atoms with van der Waals surface area (Å²) in [5.41, 5.74) is 0.408. The summed E-state index contributed by atoms with van der Waals surface area (Å²) in [7, 11) is -3.51. The summed E-state index contributed by atoms with van der Waals surface area (Å²) in [5, 5.41) is 0. The van der Waals surface area contributed by atoms with Gasteiger partial charge < -0.3 is 0 Å². The van der Waals surface area contributed by atoms with Crippen LogP contribution in [0.25, 0.3) is 0 Å². The maximum Gasteiger partial charge on any atom is 0.240 e. The zero-order valence-electron chi connectivity index (χ0n) is 11.2. The Morgan fingerprint density at radius 3 is 2.68 bits per heavy atom. The van der Waals surface area contributed by atoms with Gasteiger partial charge in [0.25, 0.3) is 0 Å². The van der Waals surface area contributed by atoms with E-state index in [4.69, 9.17) is 0 Å². The molecule has 0 bridgehead atoms. The van der Waals surface area contributed by atoms with Gasteiger partial charge in [-0.1, -0.05) is 12.1 Å². The van der Waals surface area contributed by atoms with Crippen LogP contribution in [0.15, 0.2) is 29.2 Å². The van der Waals surface area contributed by atoms with Gasteiger partial charge in [0.1, 0.15) is 0 Å². The molecule has 0 saturated carbocycles. The molecule has 1 aromatic rings. The van der Waals surface area contributed by atoms with Gasteiger partial charge in [-0.25, -0.2) is 13.1 Å². The lowest BCUT2D eigenvalue weighted by Gasteiger charge is -2.07. The number of hydrogen-bond donors (Lipinski definition) is 1. The first-order chi connectivity index (χ1) is 8.97. The molecule has 0 heterocycles. The van der Waals surface area contributed by atoms with Crippen LogP contribution >= 0.6 is 11.8 Å². The number of thioether (sulfide) groups is 1. The molecule has 0 radical (unpaired) electrons. The molecular formula is C13H19NO3S2. The zero-order chi connectivity index (χ0) is 14.3. The van der Waals surface area contributed by atoms with Crippen LogP contribution in [-0.2, 0) is 10.0 Å². The van der Waals surface area contributed by atoms with E-state index in [0.29, 0.717) is 12.1 Å². The second-order valence-corrected chi connectivity index (χ2v) is 6.93. The van der Waals surface area contributed by atoms with Crippen LogP contribution in [0.4, 0.5) is 0 Å². The lowest BCUT2D eigenvalue weighted by Crippen LogP contribution is -2.25. The highest BCUT2D eigenvalue weighted by Gasteiger charge is 2.14. The number of unbranched alkanes of at least 4 members (excludes halogenated alkanes) is 1. The van der Waals surface area contributed by atoms with Gasteiger partial charge in [-0.2, -0.15) is 11.8 Å². The van der Waals surface area contributed by atoms with Crippen LogP contribution in [0.3, 0.4) is 0 Å². The Morgan fingerprint density at radius 1 is 1.32 bits per heavy atom. The lowest BCUT2D eigenvalue weighted by atomic mass is 10.2. The largest absolute Gasteiger partial charge is 0.295 e. The summed E-state index contributed by atoms with van der Waals surface area (Å²) in [5.74, 6) is 0.888. The van der Waals surface area contributed by atoms with Gasteiger partial charge >= 0.3 is 0 Å². The molecule has 0 spiro atoms. The fourth-order valence-electron chi connectivity index (χ4n) is 1.54. The first-order valence-electron chi connectivity index (χ1n) is 6.07. The number of Topliss-reactive ketones (excluding diaryl/α,β-unsaturated/α-hetero) is 1. The molecule has 1 rings (SSSR count). The summed E-state index contributed by atoms with van der Waals surface area (Å²) in [6.07, 6.45) is 3.82. The molecule has 4 nitrogen and oxygen atoms in total. The predicted octanol–water partition coefficient (Wildman–Crippen LogP) is 2.31. The Balaban J connectivity index is 2.66. The standard InChI is InChI=1S/C13H19NO3S2/c1-11(15)12-6-5-7-13(10-12)19(16,17)14-8-3-4-9-18-2/h5-7,10,14H,3-4,8-9H2,1-2H3. The molecule has 19 heavy (non-hydrogen) atoms. The van der Waals surface area contributed by atoms with Crippen LogP contribution in [0.5, 0.6) is 0 Å². The number of nitrogens with one attached hydrogen (secondary N) is 1. The van der Waals surface area contributed by atoms with E-state index in [9.17, 15) is 13.2 Å². The number of ketones is 1. The summed E-state index contributed by atoms with van der Waals surface area (Å²) >= 11 is 1.75. The van der Waals surface area contributed by atoms with E-state index in [1.54, 1.807) is 23.9 Å². The first-order valence-corrected chi connectivity index (χ1v) is 8.94. The highest BCUT2D eigenvalue weighted by molar-refractivity contribution is 7.98. The van der Waals surface area contributed by atoms with Crippen molar-refractivity contribution in [3.05, 3.63) is 29.8 Å². The van der Waals surface area contributed by atoms with Crippen molar-refractivity contribution >= 4 is 27.6 Å². The molecule has 106 valence electrons. The minimum absolute atomic E-state index is 0.142. The molecule has 0 aliphatic rings. The predicted molar refractivity (Wildman–Crippen MR) is 79.3 cm³/mol. The molecule has 0 fully saturated rings. The molecule has 0 aliphatic carbocycles.